The lowest BCUT2D eigenvalue weighted by atomic mass is 9.92. The van der Waals surface area contributed by atoms with E-state index < -0.39 is 0 Å². The van der Waals surface area contributed by atoms with Crippen molar-refractivity contribution >= 4 is 11.6 Å². The van der Waals surface area contributed by atoms with Crippen molar-refractivity contribution in [2.45, 2.75) is 46.1 Å². The standard InChI is InChI=1S/C15H21N5O/c1-10(2)12-6-5-7-13(11(3)4)15(12)17-14(21)8-20-9-16-18-19-20/h5-7,9-11H,8H2,1-4H3,(H,17,21). The van der Waals surface area contributed by atoms with Crippen LogP contribution in [-0.2, 0) is 11.3 Å². The fraction of sp³-hybridized carbons (Fsp3) is 0.467. The number of tetrazole rings is 1. The fourth-order valence-corrected chi connectivity index (χ4v) is 2.27. The first-order valence-electron chi connectivity index (χ1n) is 7.12. The predicted octanol–water partition coefficient (Wildman–Crippen LogP) is 2.56. The number of hydrogen-bond acceptors (Lipinski definition) is 4. The molecule has 0 fully saturated rings. The summed E-state index contributed by atoms with van der Waals surface area (Å²) in [7, 11) is 0. The van der Waals surface area contributed by atoms with Gasteiger partial charge >= 0.3 is 0 Å². The number of para-hydroxylation sites is 1. The van der Waals surface area contributed by atoms with E-state index in [0.717, 1.165) is 16.8 Å². The van der Waals surface area contributed by atoms with Crippen LogP contribution in [0, 0.1) is 0 Å². The van der Waals surface area contributed by atoms with E-state index in [1.807, 2.05) is 6.07 Å². The van der Waals surface area contributed by atoms with Crippen molar-refractivity contribution in [3.63, 3.8) is 0 Å². The quantitative estimate of drug-likeness (QED) is 0.917. The van der Waals surface area contributed by atoms with Gasteiger partial charge in [-0.05, 0) is 33.4 Å². The number of rotatable bonds is 5. The minimum atomic E-state index is -0.127. The van der Waals surface area contributed by atoms with E-state index >= 15 is 0 Å². The molecular formula is C15H21N5O. The molecule has 1 N–H and O–H groups in total. The molecule has 0 bridgehead atoms. The lowest BCUT2D eigenvalue weighted by molar-refractivity contribution is -0.116. The molecule has 1 aromatic heterocycles. The number of nitrogens with zero attached hydrogens (tertiary/aromatic N) is 4. The molecule has 0 saturated carbocycles. The van der Waals surface area contributed by atoms with Crippen LogP contribution in [-0.4, -0.2) is 26.1 Å². The molecule has 0 spiro atoms. The van der Waals surface area contributed by atoms with Crippen molar-refractivity contribution in [1.82, 2.24) is 20.2 Å². The number of benzene rings is 1. The van der Waals surface area contributed by atoms with E-state index in [1.165, 1.54) is 11.0 Å². The van der Waals surface area contributed by atoms with Gasteiger partial charge in [0, 0.05) is 5.69 Å². The van der Waals surface area contributed by atoms with Crippen LogP contribution in [0.3, 0.4) is 0 Å². The molecule has 0 aliphatic rings. The van der Waals surface area contributed by atoms with Gasteiger partial charge in [-0.15, -0.1) is 5.10 Å². The molecule has 2 aromatic rings. The molecule has 6 nitrogen and oxygen atoms in total. The lowest BCUT2D eigenvalue weighted by Gasteiger charge is -2.20. The van der Waals surface area contributed by atoms with Crippen molar-refractivity contribution in [1.29, 1.82) is 0 Å². The van der Waals surface area contributed by atoms with Crippen LogP contribution in [0.2, 0.25) is 0 Å². The third kappa shape index (κ3) is 3.65. The Morgan fingerprint density at radius 1 is 1.19 bits per heavy atom. The highest BCUT2D eigenvalue weighted by atomic mass is 16.2. The molecule has 0 radical (unpaired) electrons. The van der Waals surface area contributed by atoms with Crippen molar-refractivity contribution in [2.24, 2.45) is 0 Å². The first-order chi connectivity index (χ1) is 9.99. The summed E-state index contributed by atoms with van der Waals surface area (Å²) in [6.45, 7) is 8.59. The molecule has 0 unspecified atom stereocenters. The van der Waals surface area contributed by atoms with Gasteiger partial charge in [0.1, 0.15) is 12.9 Å². The second-order valence-corrected chi connectivity index (χ2v) is 5.68. The van der Waals surface area contributed by atoms with Gasteiger partial charge in [-0.3, -0.25) is 4.79 Å². The number of nitrogens with one attached hydrogen (secondary N) is 1. The fourth-order valence-electron chi connectivity index (χ4n) is 2.27. The van der Waals surface area contributed by atoms with E-state index in [-0.39, 0.29) is 12.5 Å². The summed E-state index contributed by atoms with van der Waals surface area (Å²) < 4.78 is 1.41. The van der Waals surface area contributed by atoms with Gasteiger partial charge in [0.05, 0.1) is 0 Å². The molecule has 0 atom stereocenters. The number of anilines is 1. The molecule has 0 aliphatic carbocycles. The second-order valence-electron chi connectivity index (χ2n) is 5.68. The van der Waals surface area contributed by atoms with E-state index in [0.29, 0.717) is 11.8 Å². The Balaban J connectivity index is 2.26. The zero-order chi connectivity index (χ0) is 15.4. The van der Waals surface area contributed by atoms with E-state index in [9.17, 15) is 4.79 Å². The van der Waals surface area contributed by atoms with E-state index in [2.05, 4.69) is 60.7 Å². The maximum absolute atomic E-state index is 12.2. The highest BCUT2D eigenvalue weighted by molar-refractivity contribution is 5.92. The zero-order valence-corrected chi connectivity index (χ0v) is 12.9. The summed E-state index contributed by atoms with van der Waals surface area (Å²) >= 11 is 0. The number of hydrogen-bond donors (Lipinski definition) is 1. The summed E-state index contributed by atoms with van der Waals surface area (Å²) in [5.74, 6) is 0.552. The van der Waals surface area contributed by atoms with Crippen molar-refractivity contribution in [3.8, 4) is 0 Å². The predicted molar refractivity (Wildman–Crippen MR) is 81.1 cm³/mol. The number of aromatic nitrogens is 4. The molecule has 1 heterocycles. The van der Waals surface area contributed by atoms with Gasteiger partial charge in [0.25, 0.3) is 0 Å². The summed E-state index contributed by atoms with van der Waals surface area (Å²) in [4.78, 5) is 12.2. The molecule has 112 valence electrons. The maximum Gasteiger partial charge on any atom is 0.246 e. The smallest absolute Gasteiger partial charge is 0.246 e. The Labute approximate surface area is 124 Å². The van der Waals surface area contributed by atoms with Gasteiger partial charge in [-0.2, -0.15) is 0 Å². The highest BCUT2D eigenvalue weighted by Crippen LogP contribution is 2.32. The summed E-state index contributed by atoms with van der Waals surface area (Å²) in [6.07, 6.45) is 1.43. The summed E-state index contributed by atoms with van der Waals surface area (Å²) in [5.41, 5.74) is 3.21. The zero-order valence-electron chi connectivity index (χ0n) is 12.9. The maximum atomic E-state index is 12.2. The molecule has 2 rings (SSSR count). The van der Waals surface area contributed by atoms with Crippen LogP contribution in [0.5, 0.6) is 0 Å². The van der Waals surface area contributed by atoms with Crippen LogP contribution >= 0.6 is 0 Å². The number of carbonyl (C=O) groups excluding carboxylic acids is 1. The van der Waals surface area contributed by atoms with Crippen LogP contribution in [0.4, 0.5) is 5.69 Å². The Kier molecular flexibility index (Phi) is 4.67. The molecule has 21 heavy (non-hydrogen) atoms. The van der Waals surface area contributed by atoms with Gasteiger partial charge in [0.2, 0.25) is 5.91 Å². The van der Waals surface area contributed by atoms with Gasteiger partial charge < -0.3 is 5.32 Å². The SMILES string of the molecule is CC(C)c1cccc(C(C)C)c1NC(=O)Cn1cnnn1. The number of carbonyl (C=O) groups is 1. The Morgan fingerprint density at radius 2 is 1.81 bits per heavy atom. The minimum absolute atomic E-state index is 0.108. The van der Waals surface area contributed by atoms with Gasteiger partial charge in [-0.25, -0.2) is 4.68 Å². The van der Waals surface area contributed by atoms with Crippen molar-refractivity contribution in [2.75, 3.05) is 5.32 Å². The normalized spacial score (nSPS) is 11.1. The van der Waals surface area contributed by atoms with E-state index in [4.69, 9.17) is 0 Å². The molecular weight excluding hydrogens is 266 g/mol. The third-order valence-electron chi connectivity index (χ3n) is 3.33. The molecule has 6 heteroatoms. The van der Waals surface area contributed by atoms with Crippen LogP contribution in [0.15, 0.2) is 24.5 Å². The average Bonchev–Trinajstić information content (AvgIpc) is 2.91. The largest absolute Gasteiger partial charge is 0.324 e. The van der Waals surface area contributed by atoms with Crippen LogP contribution in [0.25, 0.3) is 0 Å². The van der Waals surface area contributed by atoms with Gasteiger partial charge in [-0.1, -0.05) is 45.9 Å². The first-order valence-corrected chi connectivity index (χ1v) is 7.12. The van der Waals surface area contributed by atoms with Gasteiger partial charge in [0.15, 0.2) is 0 Å². The minimum Gasteiger partial charge on any atom is -0.324 e. The monoisotopic (exact) mass is 287 g/mol. The van der Waals surface area contributed by atoms with Crippen LogP contribution in [0.1, 0.15) is 50.7 Å². The summed E-state index contributed by atoms with van der Waals surface area (Å²) in [6, 6.07) is 6.16. The highest BCUT2D eigenvalue weighted by Gasteiger charge is 2.16. The first kappa shape index (κ1) is 15.2. The Hall–Kier alpha value is -2.24. The third-order valence-corrected chi connectivity index (χ3v) is 3.33. The number of amides is 1. The van der Waals surface area contributed by atoms with E-state index in [1.54, 1.807) is 0 Å². The molecule has 1 amide bonds. The second kappa shape index (κ2) is 6.47. The van der Waals surface area contributed by atoms with Crippen LogP contribution < -0.4 is 5.32 Å². The Bertz CT molecular complexity index is 578. The van der Waals surface area contributed by atoms with Crippen molar-refractivity contribution in [3.05, 3.63) is 35.7 Å². The molecule has 0 aliphatic heterocycles. The Morgan fingerprint density at radius 3 is 2.29 bits per heavy atom. The average molecular weight is 287 g/mol. The molecule has 0 saturated heterocycles. The lowest BCUT2D eigenvalue weighted by Crippen LogP contribution is -2.21. The molecule has 1 aromatic carbocycles. The summed E-state index contributed by atoms with van der Waals surface area (Å²) in [5, 5.41) is 13.8. The topological polar surface area (TPSA) is 72.7 Å². The van der Waals surface area contributed by atoms with Crippen molar-refractivity contribution < 1.29 is 4.79 Å².